The highest BCUT2D eigenvalue weighted by molar-refractivity contribution is 6.25. The number of hydrogen-bond acceptors (Lipinski definition) is 11. The van der Waals surface area contributed by atoms with Gasteiger partial charge in [0.1, 0.15) is 22.8 Å². The van der Waals surface area contributed by atoms with Crippen LogP contribution in [0.5, 0.6) is 5.75 Å². The Morgan fingerprint density at radius 1 is 1.14 bits per heavy atom. The molecule has 2 fully saturated rings. The minimum atomic E-state index is -2.81. The Hall–Kier alpha value is -3.78. The molecular formula is C29H35N3O10. The van der Waals surface area contributed by atoms with Crippen molar-refractivity contribution in [2.45, 2.75) is 43.4 Å². The van der Waals surface area contributed by atoms with Gasteiger partial charge in [-0.1, -0.05) is 12.1 Å². The molecule has 1 amide bonds. The number of benzene rings is 1. The molecule has 4 aliphatic rings. The first-order valence-electron chi connectivity index (χ1n) is 13.8. The number of carbonyl (C=O) groups excluding carboxylic acids is 3. The smallest absolute Gasteiger partial charge is 0.307 e. The molecular weight excluding hydrogens is 550 g/mol. The van der Waals surface area contributed by atoms with Crippen LogP contribution >= 0.6 is 0 Å². The van der Waals surface area contributed by atoms with Crippen LogP contribution in [0.25, 0.3) is 5.76 Å². The molecule has 6 atom stereocenters. The van der Waals surface area contributed by atoms with E-state index in [0.29, 0.717) is 19.4 Å². The molecule has 1 saturated carbocycles. The molecule has 7 N–H and O–H groups in total. The zero-order valence-corrected chi connectivity index (χ0v) is 23.5. The van der Waals surface area contributed by atoms with Crippen LogP contribution in [0.3, 0.4) is 0 Å². The Morgan fingerprint density at radius 3 is 2.48 bits per heavy atom. The van der Waals surface area contributed by atoms with Gasteiger partial charge in [-0.3, -0.25) is 29.0 Å². The first kappa shape index (κ1) is 29.7. The number of hydrogen-bond donors (Lipinski definition) is 7. The van der Waals surface area contributed by atoms with Crippen molar-refractivity contribution >= 4 is 29.2 Å². The summed E-state index contributed by atoms with van der Waals surface area (Å²) < 4.78 is 0. The lowest BCUT2D eigenvalue weighted by Crippen LogP contribution is -2.67. The summed E-state index contributed by atoms with van der Waals surface area (Å²) in [6, 6.07) is 2.95. The number of carbonyl (C=O) groups is 4. The summed E-state index contributed by atoms with van der Waals surface area (Å²) >= 11 is 0. The van der Waals surface area contributed by atoms with Crippen LogP contribution in [0, 0.1) is 17.8 Å². The topological polar surface area (TPSA) is 208 Å². The maximum Gasteiger partial charge on any atom is 0.307 e. The second-order valence-corrected chi connectivity index (χ2v) is 12.0. The maximum absolute atomic E-state index is 14.1. The second-order valence-electron chi connectivity index (χ2n) is 12.0. The van der Waals surface area contributed by atoms with E-state index in [9.17, 15) is 49.8 Å². The minimum Gasteiger partial charge on any atom is -0.508 e. The second kappa shape index (κ2) is 10.2. The predicted octanol–water partition coefficient (Wildman–Crippen LogP) is 0.0140. The number of nitrogens with zero attached hydrogens (tertiary/aromatic N) is 2. The third kappa shape index (κ3) is 4.22. The van der Waals surface area contributed by atoms with Gasteiger partial charge < -0.3 is 36.0 Å². The fourth-order valence-corrected chi connectivity index (χ4v) is 7.16. The van der Waals surface area contributed by atoms with Gasteiger partial charge >= 0.3 is 5.97 Å². The lowest BCUT2D eigenvalue weighted by atomic mass is 9.54. The number of phenolic OH excluding ortho intramolecular Hbond substituents is 1. The molecule has 1 heterocycles. The van der Waals surface area contributed by atoms with Gasteiger partial charge in [-0.05, 0) is 58.5 Å². The van der Waals surface area contributed by atoms with Crippen LogP contribution in [-0.2, 0) is 24.8 Å². The van der Waals surface area contributed by atoms with E-state index in [1.165, 1.54) is 44.1 Å². The standard InChI is InChI=1S/C29H35N3O10/c1-28(41)14-7-4-8-17(33)18(14)22(34)19-15(28)10-16-21(31(2)3)23(35)20(25(37)29(16,42)24(19)36)26(38)30-12-32-9-5-6-13(11-32)27(39)40/h4,7-8,13,15-16,21,33-34,37,41-42H,5-6,9-12H2,1-3H3,(H,30,38)(H,39,40)/t13-,15-,16-,21-,28+,29-/m0/s1. The van der Waals surface area contributed by atoms with Gasteiger partial charge in [0.2, 0.25) is 5.78 Å². The van der Waals surface area contributed by atoms with E-state index in [-0.39, 0.29) is 30.8 Å². The molecule has 13 nitrogen and oxygen atoms in total. The van der Waals surface area contributed by atoms with Crippen LogP contribution in [-0.4, -0.2) is 109 Å². The number of likely N-dealkylation sites (N-methyl/N-ethyl adjacent to an activating group) is 1. The van der Waals surface area contributed by atoms with Crippen molar-refractivity contribution < 1.29 is 49.8 Å². The summed E-state index contributed by atoms with van der Waals surface area (Å²) in [6.45, 7) is 1.93. The van der Waals surface area contributed by atoms with Gasteiger partial charge in [0.05, 0.1) is 29.8 Å². The third-order valence-corrected chi connectivity index (χ3v) is 9.32. The minimum absolute atomic E-state index is 0.137. The van der Waals surface area contributed by atoms with Gasteiger partial charge in [0.25, 0.3) is 5.91 Å². The summed E-state index contributed by atoms with van der Waals surface area (Å²) in [5.41, 5.74) is -5.92. The van der Waals surface area contributed by atoms with Gasteiger partial charge in [-0.2, -0.15) is 0 Å². The number of aromatic hydroxyl groups is 1. The monoisotopic (exact) mass is 585 g/mol. The molecule has 0 spiro atoms. The Morgan fingerprint density at radius 2 is 1.83 bits per heavy atom. The summed E-state index contributed by atoms with van der Waals surface area (Å²) in [4.78, 5) is 55.7. The van der Waals surface area contributed by atoms with E-state index in [4.69, 9.17) is 0 Å². The number of carboxylic acids is 1. The number of aliphatic hydroxyl groups is 4. The van der Waals surface area contributed by atoms with Crippen LogP contribution < -0.4 is 5.32 Å². The Labute approximate surface area is 241 Å². The highest BCUT2D eigenvalue weighted by Crippen LogP contribution is 2.57. The van der Waals surface area contributed by atoms with Crippen LogP contribution in [0.15, 0.2) is 35.1 Å². The van der Waals surface area contributed by atoms with Crippen molar-refractivity contribution in [2.24, 2.45) is 17.8 Å². The number of amides is 1. The molecule has 1 aromatic rings. The van der Waals surface area contributed by atoms with Crippen molar-refractivity contribution in [1.29, 1.82) is 0 Å². The molecule has 13 heteroatoms. The lowest BCUT2D eigenvalue weighted by molar-refractivity contribution is -0.159. The normalized spacial score (nSPS) is 33.3. The highest BCUT2D eigenvalue weighted by Gasteiger charge is 2.66. The van der Waals surface area contributed by atoms with Gasteiger partial charge in [0.15, 0.2) is 11.4 Å². The zero-order valence-electron chi connectivity index (χ0n) is 23.5. The fourth-order valence-electron chi connectivity index (χ4n) is 7.16. The lowest BCUT2D eigenvalue weighted by Gasteiger charge is -2.53. The SMILES string of the molecule is CN(C)[C@@H]1C(=O)C(C(=O)NCN2CCC[C@H](C(=O)O)C2)=C(O)[C@@]2(O)C(=O)C3=C(O)c4c(O)cccc4[C@@](C)(O)[C@H]3C[C@@H]12. The molecule has 42 heavy (non-hydrogen) atoms. The molecule has 0 unspecified atom stereocenters. The van der Waals surface area contributed by atoms with Crippen molar-refractivity contribution in [3.8, 4) is 5.75 Å². The Kier molecular flexibility index (Phi) is 7.21. The Bertz CT molecular complexity index is 1450. The summed E-state index contributed by atoms with van der Waals surface area (Å²) in [5.74, 6) is -9.36. The number of rotatable bonds is 5. The summed E-state index contributed by atoms with van der Waals surface area (Å²) in [6.07, 6.45) is 0.840. The van der Waals surface area contributed by atoms with Crippen molar-refractivity contribution in [1.82, 2.24) is 15.1 Å². The number of phenols is 1. The maximum atomic E-state index is 14.1. The number of carboxylic acid groups (broad SMARTS) is 1. The van der Waals surface area contributed by atoms with Gasteiger partial charge in [-0.25, -0.2) is 0 Å². The first-order chi connectivity index (χ1) is 19.6. The number of fused-ring (bicyclic) bond motifs is 3. The van der Waals surface area contributed by atoms with Crippen molar-refractivity contribution in [2.75, 3.05) is 33.9 Å². The average molecular weight is 586 g/mol. The zero-order chi connectivity index (χ0) is 30.9. The molecule has 1 saturated heterocycles. The molecule has 1 aliphatic heterocycles. The quantitative estimate of drug-likeness (QED) is 0.228. The predicted molar refractivity (Wildman–Crippen MR) is 146 cm³/mol. The van der Waals surface area contributed by atoms with Crippen LogP contribution in [0.1, 0.15) is 37.3 Å². The summed E-state index contributed by atoms with van der Waals surface area (Å²) in [7, 11) is 3.03. The Balaban J connectivity index is 1.57. The molecule has 0 radical (unpaired) electrons. The van der Waals surface area contributed by atoms with E-state index in [0.717, 1.165) is 0 Å². The highest BCUT2D eigenvalue weighted by atomic mass is 16.4. The van der Waals surface area contributed by atoms with Crippen molar-refractivity contribution in [3.63, 3.8) is 0 Å². The first-order valence-corrected chi connectivity index (χ1v) is 13.8. The van der Waals surface area contributed by atoms with Crippen LogP contribution in [0.2, 0.25) is 0 Å². The fraction of sp³-hybridized carbons (Fsp3) is 0.517. The number of likely N-dealkylation sites (tertiary alicyclic amines) is 1. The number of Topliss-reactive ketones (excluding diaryl/α,β-unsaturated/α-hetero) is 2. The number of piperidine rings is 1. The van der Waals surface area contributed by atoms with E-state index in [2.05, 4.69) is 5.32 Å². The average Bonchev–Trinajstić information content (AvgIpc) is 2.92. The molecule has 226 valence electrons. The molecule has 0 bridgehead atoms. The van der Waals surface area contributed by atoms with Crippen molar-refractivity contribution in [3.05, 3.63) is 46.2 Å². The number of nitrogens with one attached hydrogen (secondary N) is 1. The molecule has 0 aromatic heterocycles. The summed E-state index contributed by atoms with van der Waals surface area (Å²) in [5, 5.41) is 68.5. The van der Waals surface area contributed by atoms with Crippen LogP contribution in [0.4, 0.5) is 0 Å². The molecule has 5 rings (SSSR count). The van der Waals surface area contributed by atoms with E-state index in [1.807, 2.05) is 0 Å². The number of aliphatic hydroxyl groups excluding tert-OH is 2. The van der Waals surface area contributed by atoms with Gasteiger partial charge in [0, 0.05) is 24.0 Å². The van der Waals surface area contributed by atoms with E-state index < -0.39 is 86.9 Å². The molecule has 1 aromatic carbocycles. The molecule has 3 aliphatic carbocycles. The van der Waals surface area contributed by atoms with E-state index in [1.54, 1.807) is 4.90 Å². The number of ketones is 2. The largest absolute Gasteiger partial charge is 0.508 e. The third-order valence-electron chi connectivity index (χ3n) is 9.32. The van der Waals surface area contributed by atoms with Gasteiger partial charge in [-0.15, -0.1) is 0 Å². The van der Waals surface area contributed by atoms with E-state index >= 15 is 0 Å². The number of aliphatic carboxylic acids is 1.